The average molecular weight is 504 g/mol. The van der Waals surface area contributed by atoms with E-state index >= 15 is 0 Å². The van der Waals surface area contributed by atoms with Gasteiger partial charge in [0.2, 0.25) is 5.91 Å². The zero-order valence-corrected chi connectivity index (χ0v) is 21.9. The monoisotopic (exact) mass is 503 g/mol. The Bertz CT molecular complexity index is 1140. The molecule has 2 atom stereocenters. The van der Waals surface area contributed by atoms with Crippen molar-refractivity contribution in [3.63, 3.8) is 0 Å². The van der Waals surface area contributed by atoms with Crippen LogP contribution in [0.3, 0.4) is 0 Å². The number of morpholine rings is 1. The van der Waals surface area contributed by atoms with Gasteiger partial charge >= 0.3 is 0 Å². The van der Waals surface area contributed by atoms with Gasteiger partial charge in [-0.1, -0.05) is 43.3 Å². The first-order valence-corrected chi connectivity index (χ1v) is 13.4. The van der Waals surface area contributed by atoms with Crippen LogP contribution in [0.1, 0.15) is 42.9 Å². The zero-order valence-electron chi connectivity index (χ0n) is 21.9. The molecule has 0 radical (unpaired) electrons. The Labute approximate surface area is 219 Å². The molecule has 7 nitrogen and oxygen atoms in total. The number of rotatable bonds is 9. The number of carbonyl (C=O) groups is 1. The minimum Gasteiger partial charge on any atom is -0.493 e. The van der Waals surface area contributed by atoms with E-state index in [9.17, 15) is 4.79 Å². The molecule has 2 aliphatic heterocycles. The summed E-state index contributed by atoms with van der Waals surface area (Å²) in [6.45, 7) is 7.62. The Morgan fingerprint density at radius 3 is 2.35 bits per heavy atom. The summed E-state index contributed by atoms with van der Waals surface area (Å²) in [6.07, 6.45) is 6.77. The number of methoxy groups -OCH3 is 1. The Morgan fingerprint density at radius 1 is 0.946 bits per heavy atom. The predicted octanol–water partition coefficient (Wildman–Crippen LogP) is 4.65. The third-order valence-corrected chi connectivity index (χ3v) is 7.37. The van der Waals surface area contributed by atoms with Gasteiger partial charge in [0.25, 0.3) is 0 Å². The lowest BCUT2D eigenvalue weighted by atomic mass is 9.76. The van der Waals surface area contributed by atoms with Gasteiger partial charge in [0, 0.05) is 31.1 Å². The Morgan fingerprint density at radius 2 is 1.65 bits per heavy atom. The largest absolute Gasteiger partial charge is 0.493 e. The lowest BCUT2D eigenvalue weighted by Gasteiger charge is -2.37. The van der Waals surface area contributed by atoms with Crippen LogP contribution in [-0.2, 0) is 22.6 Å². The first-order valence-electron chi connectivity index (χ1n) is 13.4. The highest BCUT2D eigenvalue weighted by Gasteiger charge is 2.40. The molecule has 0 N–H and O–H groups in total. The van der Waals surface area contributed by atoms with Crippen LogP contribution in [0, 0.1) is 11.8 Å². The summed E-state index contributed by atoms with van der Waals surface area (Å²) in [5, 5.41) is 6.62. The van der Waals surface area contributed by atoms with Crippen LogP contribution in [0.2, 0.25) is 0 Å². The number of hydrazone groups is 1. The molecule has 196 valence electrons. The van der Waals surface area contributed by atoms with Gasteiger partial charge in [-0.2, -0.15) is 5.10 Å². The number of amides is 1. The smallest absolute Gasteiger partial charge is 0.247 e. The van der Waals surface area contributed by atoms with E-state index in [0.717, 1.165) is 68.9 Å². The van der Waals surface area contributed by atoms with E-state index in [1.54, 1.807) is 12.1 Å². The Balaban J connectivity index is 1.38. The van der Waals surface area contributed by atoms with Crippen molar-refractivity contribution in [2.24, 2.45) is 16.9 Å². The Hall–Kier alpha value is -3.16. The van der Waals surface area contributed by atoms with Crippen molar-refractivity contribution >= 4 is 11.6 Å². The molecule has 7 heteroatoms. The Kier molecular flexibility index (Phi) is 8.21. The first-order chi connectivity index (χ1) is 18.2. The van der Waals surface area contributed by atoms with E-state index in [4.69, 9.17) is 19.3 Å². The fourth-order valence-corrected chi connectivity index (χ4v) is 5.32. The molecule has 37 heavy (non-hydrogen) atoms. The van der Waals surface area contributed by atoms with Gasteiger partial charge in [0.15, 0.2) is 11.5 Å². The molecule has 5 rings (SSSR count). The summed E-state index contributed by atoms with van der Waals surface area (Å²) in [5.74, 6) is 1.49. The van der Waals surface area contributed by atoms with E-state index in [0.29, 0.717) is 24.7 Å². The van der Waals surface area contributed by atoms with Crippen LogP contribution in [-0.4, -0.2) is 61.5 Å². The van der Waals surface area contributed by atoms with Crippen molar-refractivity contribution in [2.75, 3.05) is 40.0 Å². The molecule has 0 bridgehead atoms. The molecule has 2 heterocycles. The maximum atomic E-state index is 13.5. The van der Waals surface area contributed by atoms with Crippen molar-refractivity contribution in [1.29, 1.82) is 0 Å². The van der Waals surface area contributed by atoms with Gasteiger partial charge in [0.1, 0.15) is 0 Å². The minimum absolute atomic E-state index is 0.0667. The van der Waals surface area contributed by atoms with Crippen molar-refractivity contribution in [3.05, 3.63) is 71.3 Å². The van der Waals surface area contributed by atoms with Gasteiger partial charge in [0.05, 0.1) is 45.1 Å². The maximum absolute atomic E-state index is 13.5. The van der Waals surface area contributed by atoms with Crippen molar-refractivity contribution in [2.45, 2.75) is 39.3 Å². The molecule has 1 fully saturated rings. The van der Waals surface area contributed by atoms with Gasteiger partial charge in [-0.15, -0.1) is 0 Å². The molecule has 2 aromatic rings. The highest BCUT2D eigenvalue weighted by molar-refractivity contribution is 6.07. The van der Waals surface area contributed by atoms with Crippen LogP contribution < -0.4 is 9.47 Å². The van der Waals surface area contributed by atoms with Crippen LogP contribution in [0.4, 0.5) is 0 Å². The number of ether oxygens (including phenoxy) is 3. The van der Waals surface area contributed by atoms with E-state index < -0.39 is 0 Å². The summed E-state index contributed by atoms with van der Waals surface area (Å²) < 4.78 is 16.9. The van der Waals surface area contributed by atoms with Gasteiger partial charge in [-0.3, -0.25) is 9.69 Å². The number of benzene rings is 2. The third kappa shape index (κ3) is 5.89. The van der Waals surface area contributed by atoms with Crippen LogP contribution in [0.15, 0.2) is 59.7 Å². The quantitative estimate of drug-likeness (QED) is 0.467. The maximum Gasteiger partial charge on any atom is 0.247 e. The van der Waals surface area contributed by atoms with Gasteiger partial charge in [-0.05, 0) is 48.6 Å². The molecule has 3 aliphatic rings. The van der Waals surface area contributed by atoms with Crippen LogP contribution >= 0.6 is 0 Å². The summed E-state index contributed by atoms with van der Waals surface area (Å²) in [6, 6.07) is 14.5. The molecule has 0 unspecified atom stereocenters. The first kappa shape index (κ1) is 25.5. The van der Waals surface area contributed by atoms with E-state index in [1.165, 1.54) is 5.56 Å². The lowest BCUT2D eigenvalue weighted by molar-refractivity contribution is -0.138. The number of nitrogens with zero attached hydrogens (tertiary/aromatic N) is 3. The minimum atomic E-state index is -0.0970. The summed E-state index contributed by atoms with van der Waals surface area (Å²) in [5.41, 5.74) is 4.28. The second kappa shape index (κ2) is 11.9. The fraction of sp³-hybridized carbons (Fsp3) is 0.467. The molecular formula is C30H37N3O4. The van der Waals surface area contributed by atoms with Crippen molar-refractivity contribution in [1.82, 2.24) is 9.91 Å². The summed E-state index contributed by atoms with van der Waals surface area (Å²) >= 11 is 0. The number of carbonyl (C=O) groups excluding carboxylic acids is 1. The predicted molar refractivity (Wildman–Crippen MR) is 144 cm³/mol. The fourth-order valence-electron chi connectivity index (χ4n) is 5.32. The number of allylic oxidation sites excluding steroid dienone is 2. The van der Waals surface area contributed by atoms with Crippen LogP contribution in [0.5, 0.6) is 11.5 Å². The lowest BCUT2D eigenvalue weighted by Crippen LogP contribution is -2.45. The highest BCUT2D eigenvalue weighted by atomic mass is 16.5. The van der Waals surface area contributed by atoms with Gasteiger partial charge in [-0.25, -0.2) is 5.01 Å². The van der Waals surface area contributed by atoms with E-state index in [2.05, 4.69) is 48.2 Å². The molecule has 0 spiro atoms. The second-order valence-electron chi connectivity index (χ2n) is 9.96. The normalized spacial score (nSPS) is 21.9. The third-order valence-electron chi connectivity index (χ3n) is 7.37. The molecule has 0 aromatic heterocycles. The second-order valence-corrected chi connectivity index (χ2v) is 9.96. The average Bonchev–Trinajstić information content (AvgIpc) is 2.95. The molecule has 2 aromatic carbocycles. The van der Waals surface area contributed by atoms with Gasteiger partial charge < -0.3 is 14.2 Å². The topological polar surface area (TPSA) is 63.6 Å². The molecule has 1 aliphatic carbocycles. The molecule has 0 saturated carbocycles. The standard InChI is InChI=1S/C30H37N3O4/c1-3-16-37-28-19-24(12-13-27(28)35-2)29-25-6-4-5-7-26(25)30(34)33(31-29)21-23-10-8-22(9-11-23)20-32-14-17-36-18-15-32/h4-5,8-13,19,25-26H,3,6-7,14-18,20-21H2,1-2H3/t25-,26+/m0/s1. The zero-order chi connectivity index (χ0) is 25.6. The summed E-state index contributed by atoms with van der Waals surface area (Å²) in [4.78, 5) is 15.9. The molecule has 1 saturated heterocycles. The van der Waals surface area contributed by atoms with Crippen molar-refractivity contribution in [3.8, 4) is 11.5 Å². The van der Waals surface area contributed by atoms with E-state index in [1.807, 2.05) is 18.2 Å². The highest BCUT2D eigenvalue weighted by Crippen LogP contribution is 2.37. The van der Waals surface area contributed by atoms with Crippen molar-refractivity contribution < 1.29 is 19.0 Å². The number of hydrogen-bond donors (Lipinski definition) is 0. The SMILES string of the molecule is CCCOc1cc(C2=NN(Cc3ccc(CN4CCOCC4)cc3)C(=O)[C@@H]3CC=CC[C@H]23)ccc1OC. The van der Waals surface area contributed by atoms with E-state index in [-0.39, 0.29) is 17.7 Å². The summed E-state index contributed by atoms with van der Waals surface area (Å²) in [7, 11) is 1.65. The molecular weight excluding hydrogens is 466 g/mol. The number of hydrogen-bond acceptors (Lipinski definition) is 6. The number of fused-ring (bicyclic) bond motifs is 1. The molecule has 1 amide bonds. The van der Waals surface area contributed by atoms with Crippen LogP contribution in [0.25, 0.3) is 0 Å².